The molecule has 164 valence electrons. The summed E-state index contributed by atoms with van der Waals surface area (Å²) in [5.41, 5.74) is 0.275. The number of carbonyl (C=O) groups is 2. The Morgan fingerprint density at radius 3 is 3.00 bits per heavy atom. The van der Waals surface area contributed by atoms with Crippen molar-refractivity contribution < 1.29 is 23.6 Å². The summed E-state index contributed by atoms with van der Waals surface area (Å²) in [6.07, 6.45) is 4.42. The lowest BCUT2D eigenvalue weighted by Gasteiger charge is -2.32. The van der Waals surface area contributed by atoms with Crippen molar-refractivity contribution in [2.45, 2.75) is 32.2 Å². The number of rotatable bonds is 10. The van der Waals surface area contributed by atoms with E-state index in [1.165, 1.54) is 7.11 Å². The Bertz CT molecular complexity index is 835. The van der Waals surface area contributed by atoms with E-state index in [1.54, 1.807) is 24.1 Å². The molecule has 30 heavy (non-hydrogen) atoms. The van der Waals surface area contributed by atoms with Crippen molar-refractivity contribution in [2.75, 3.05) is 40.5 Å². The van der Waals surface area contributed by atoms with Crippen LogP contribution in [0.5, 0.6) is 5.88 Å². The van der Waals surface area contributed by atoms with Gasteiger partial charge in [-0.25, -0.2) is 0 Å². The number of aryl methyl sites for hydroxylation is 1. The van der Waals surface area contributed by atoms with E-state index < -0.39 is 0 Å². The van der Waals surface area contributed by atoms with Crippen LogP contribution in [0, 0.1) is 5.92 Å². The fraction of sp³-hybridized carbons (Fsp3) is 0.632. The third-order valence-corrected chi connectivity index (χ3v) is 5.01. The highest BCUT2D eigenvalue weighted by Crippen LogP contribution is 2.20. The molecule has 0 unspecified atom stereocenters. The summed E-state index contributed by atoms with van der Waals surface area (Å²) in [4.78, 5) is 26.5. The first-order valence-electron chi connectivity index (χ1n) is 10.0. The first-order chi connectivity index (χ1) is 14.6. The standard InChI is InChI=1S/C19H28N6O5/c1-28-9-7-20-19(27)16-13-25(23-21-16)12-14-4-3-8-24(11-14)18(26)6-5-15-10-17(29-2)22-30-15/h10,13-14H,3-9,11-12H2,1-2H3,(H,20,27)/t14-/m0/s1. The fourth-order valence-electron chi connectivity index (χ4n) is 3.45. The van der Waals surface area contributed by atoms with Crippen molar-refractivity contribution in [3.8, 4) is 5.88 Å². The summed E-state index contributed by atoms with van der Waals surface area (Å²) < 4.78 is 16.7. The molecule has 11 heteroatoms. The molecule has 0 aromatic carbocycles. The molecule has 1 N–H and O–H groups in total. The number of ether oxygens (including phenoxy) is 2. The maximum atomic E-state index is 12.6. The summed E-state index contributed by atoms with van der Waals surface area (Å²) in [6.45, 7) is 2.88. The lowest BCUT2D eigenvalue weighted by molar-refractivity contribution is -0.133. The molecule has 2 aromatic heterocycles. The Morgan fingerprint density at radius 2 is 2.23 bits per heavy atom. The molecule has 1 atom stereocenters. The number of piperidine rings is 1. The zero-order valence-electron chi connectivity index (χ0n) is 17.4. The lowest BCUT2D eigenvalue weighted by atomic mass is 9.97. The molecule has 2 aromatic rings. The number of hydrogen-bond acceptors (Lipinski definition) is 8. The number of amides is 2. The van der Waals surface area contributed by atoms with Crippen molar-refractivity contribution in [2.24, 2.45) is 5.92 Å². The van der Waals surface area contributed by atoms with Gasteiger partial charge in [-0.15, -0.1) is 5.10 Å². The summed E-state index contributed by atoms with van der Waals surface area (Å²) in [5, 5.41) is 14.5. The number of aromatic nitrogens is 4. The Balaban J connectivity index is 1.46. The number of carbonyl (C=O) groups excluding carboxylic acids is 2. The van der Waals surface area contributed by atoms with Gasteiger partial charge in [-0.3, -0.25) is 14.3 Å². The van der Waals surface area contributed by atoms with E-state index in [2.05, 4.69) is 20.8 Å². The fourth-order valence-corrected chi connectivity index (χ4v) is 3.45. The van der Waals surface area contributed by atoms with Crippen molar-refractivity contribution in [1.82, 2.24) is 30.4 Å². The second-order valence-electron chi connectivity index (χ2n) is 7.26. The number of nitrogens with zero attached hydrogens (tertiary/aromatic N) is 5. The molecule has 1 saturated heterocycles. The average molecular weight is 420 g/mol. The Labute approximate surface area is 174 Å². The number of nitrogens with one attached hydrogen (secondary N) is 1. The highest BCUT2D eigenvalue weighted by Gasteiger charge is 2.25. The normalized spacial score (nSPS) is 16.5. The van der Waals surface area contributed by atoms with Gasteiger partial charge >= 0.3 is 0 Å². The first kappa shape index (κ1) is 21.8. The van der Waals surface area contributed by atoms with Gasteiger partial charge in [0.25, 0.3) is 11.8 Å². The van der Waals surface area contributed by atoms with Gasteiger partial charge in [-0.1, -0.05) is 5.21 Å². The second kappa shape index (κ2) is 10.7. The number of likely N-dealkylation sites (tertiary alicyclic amines) is 1. The molecular formula is C19H28N6O5. The van der Waals surface area contributed by atoms with Crippen LogP contribution in [0.1, 0.15) is 35.5 Å². The van der Waals surface area contributed by atoms with Crippen LogP contribution < -0.4 is 10.1 Å². The molecular weight excluding hydrogens is 392 g/mol. The summed E-state index contributed by atoms with van der Waals surface area (Å²) in [5.74, 6) is 1.12. The van der Waals surface area contributed by atoms with Crippen molar-refractivity contribution in [3.63, 3.8) is 0 Å². The molecule has 0 bridgehead atoms. The quantitative estimate of drug-likeness (QED) is 0.552. The van der Waals surface area contributed by atoms with E-state index in [0.717, 1.165) is 19.4 Å². The Morgan fingerprint density at radius 1 is 1.37 bits per heavy atom. The third kappa shape index (κ3) is 6.02. The third-order valence-electron chi connectivity index (χ3n) is 5.01. The minimum atomic E-state index is -0.275. The molecule has 11 nitrogen and oxygen atoms in total. The minimum Gasteiger partial charge on any atom is -0.479 e. The smallest absolute Gasteiger partial charge is 0.273 e. The van der Waals surface area contributed by atoms with E-state index >= 15 is 0 Å². The minimum absolute atomic E-state index is 0.0897. The van der Waals surface area contributed by atoms with Gasteiger partial charge in [0, 0.05) is 52.2 Å². The van der Waals surface area contributed by atoms with Crippen molar-refractivity contribution >= 4 is 11.8 Å². The average Bonchev–Trinajstić information content (AvgIpc) is 3.42. The molecule has 2 amide bonds. The van der Waals surface area contributed by atoms with Crippen molar-refractivity contribution in [1.29, 1.82) is 0 Å². The summed E-state index contributed by atoms with van der Waals surface area (Å²) in [6, 6.07) is 1.69. The maximum absolute atomic E-state index is 12.6. The zero-order valence-corrected chi connectivity index (χ0v) is 17.4. The number of hydrogen-bond donors (Lipinski definition) is 1. The van der Waals surface area contributed by atoms with Gasteiger partial charge in [-0.05, 0) is 23.9 Å². The molecule has 3 rings (SSSR count). The largest absolute Gasteiger partial charge is 0.479 e. The summed E-state index contributed by atoms with van der Waals surface area (Å²) >= 11 is 0. The summed E-state index contributed by atoms with van der Waals surface area (Å²) in [7, 11) is 3.10. The zero-order chi connectivity index (χ0) is 21.3. The molecule has 1 fully saturated rings. The highest BCUT2D eigenvalue weighted by molar-refractivity contribution is 5.91. The number of methoxy groups -OCH3 is 2. The van der Waals surface area contributed by atoms with Crippen LogP contribution in [0.4, 0.5) is 0 Å². The van der Waals surface area contributed by atoms with Crippen LogP contribution in [0.25, 0.3) is 0 Å². The van der Waals surface area contributed by atoms with Gasteiger partial charge in [0.2, 0.25) is 5.91 Å². The van der Waals surface area contributed by atoms with E-state index in [1.807, 2.05) is 4.90 Å². The monoisotopic (exact) mass is 420 g/mol. The first-order valence-corrected chi connectivity index (χ1v) is 10.0. The van der Waals surface area contributed by atoms with Gasteiger partial charge in [0.1, 0.15) is 5.76 Å². The topological polar surface area (TPSA) is 125 Å². The molecule has 3 heterocycles. The predicted molar refractivity (Wildman–Crippen MR) is 105 cm³/mol. The van der Waals surface area contributed by atoms with Gasteiger partial charge in [0.15, 0.2) is 5.69 Å². The molecule has 0 spiro atoms. The lowest BCUT2D eigenvalue weighted by Crippen LogP contribution is -2.41. The van der Waals surface area contributed by atoms with Crippen molar-refractivity contribution in [3.05, 3.63) is 23.7 Å². The van der Waals surface area contributed by atoms with Gasteiger partial charge in [-0.2, -0.15) is 0 Å². The Hall–Kier alpha value is -2.95. The second-order valence-corrected chi connectivity index (χ2v) is 7.26. The van der Waals surface area contributed by atoms with Crippen LogP contribution in [0.2, 0.25) is 0 Å². The van der Waals surface area contributed by atoms with Crippen LogP contribution in [-0.2, 0) is 22.5 Å². The molecule has 0 radical (unpaired) electrons. The predicted octanol–water partition coefficient (Wildman–Crippen LogP) is 0.522. The SMILES string of the molecule is COCCNC(=O)c1cn(C[C@H]2CCCN(C(=O)CCc3cc(OC)no3)C2)nn1. The highest BCUT2D eigenvalue weighted by atomic mass is 16.5. The molecule has 1 aliphatic heterocycles. The molecule has 1 aliphatic rings. The van der Waals surface area contributed by atoms with Gasteiger partial charge < -0.3 is 24.2 Å². The van der Waals surface area contributed by atoms with Crippen LogP contribution >= 0.6 is 0 Å². The van der Waals surface area contributed by atoms with E-state index in [0.29, 0.717) is 50.7 Å². The molecule has 0 aliphatic carbocycles. The van der Waals surface area contributed by atoms with Crippen LogP contribution in [0.3, 0.4) is 0 Å². The van der Waals surface area contributed by atoms with E-state index in [-0.39, 0.29) is 23.4 Å². The van der Waals surface area contributed by atoms with Gasteiger partial charge in [0.05, 0.1) is 19.9 Å². The van der Waals surface area contributed by atoms with E-state index in [4.69, 9.17) is 14.0 Å². The van der Waals surface area contributed by atoms with E-state index in [9.17, 15) is 9.59 Å². The Kier molecular flexibility index (Phi) is 7.77. The molecule has 0 saturated carbocycles. The van der Waals surface area contributed by atoms with Crippen LogP contribution in [0.15, 0.2) is 16.8 Å². The van der Waals surface area contributed by atoms with Crippen LogP contribution in [-0.4, -0.2) is 77.3 Å². The maximum Gasteiger partial charge on any atom is 0.273 e.